The monoisotopic (exact) mass is 433 g/mol. The molecule has 0 radical (unpaired) electrons. The summed E-state index contributed by atoms with van der Waals surface area (Å²) in [5.41, 5.74) is 3.00. The van der Waals surface area contributed by atoms with Gasteiger partial charge in [-0.05, 0) is 43.6 Å². The van der Waals surface area contributed by atoms with Gasteiger partial charge in [0.2, 0.25) is 5.69 Å². The second-order valence-electron chi connectivity index (χ2n) is 6.73. The molecule has 3 rings (SSSR count). The van der Waals surface area contributed by atoms with E-state index in [1.165, 1.54) is 13.0 Å². The minimum atomic E-state index is -0.133. The number of aryl methyl sites for hydroxylation is 1. The molecule has 0 spiro atoms. The van der Waals surface area contributed by atoms with Crippen LogP contribution in [0, 0.1) is 13.5 Å². The third kappa shape index (κ3) is 4.79. The van der Waals surface area contributed by atoms with Crippen LogP contribution in [0.1, 0.15) is 23.0 Å². The third-order valence-corrected chi connectivity index (χ3v) is 5.09. The second-order valence-corrected chi connectivity index (χ2v) is 7.48. The number of azo groups is 2. The average Bonchev–Trinajstić information content (AvgIpc) is 3.11. The zero-order valence-electron chi connectivity index (χ0n) is 17.4. The van der Waals surface area contributed by atoms with Crippen molar-refractivity contribution in [3.63, 3.8) is 0 Å². The summed E-state index contributed by atoms with van der Waals surface area (Å²) >= 11 is 1.09. The van der Waals surface area contributed by atoms with Crippen LogP contribution >= 0.6 is 11.5 Å². The standard InChI is InChI=1S/C21H19N7O2S/c1-12-20(22-3)21(31-27-12)26-24-16-10-17(19(30)11-18(16)28(4)5)25-23-15-9-7-6-8-14(15)13(2)29/h6-11,30H,1-2,4-5H3. The third-order valence-electron chi connectivity index (χ3n) is 4.28. The first-order valence-corrected chi connectivity index (χ1v) is 9.90. The molecule has 0 saturated heterocycles. The predicted octanol–water partition coefficient (Wildman–Crippen LogP) is 6.81. The predicted molar refractivity (Wildman–Crippen MR) is 120 cm³/mol. The van der Waals surface area contributed by atoms with Gasteiger partial charge in [-0.3, -0.25) is 4.79 Å². The van der Waals surface area contributed by atoms with E-state index in [4.69, 9.17) is 6.57 Å². The van der Waals surface area contributed by atoms with Gasteiger partial charge in [-0.15, -0.1) is 20.5 Å². The Bertz CT molecular complexity index is 1240. The van der Waals surface area contributed by atoms with Crippen molar-refractivity contribution >= 4 is 50.8 Å². The van der Waals surface area contributed by atoms with Crippen molar-refractivity contribution in [3.05, 3.63) is 59.1 Å². The summed E-state index contributed by atoms with van der Waals surface area (Å²) < 4.78 is 4.14. The zero-order chi connectivity index (χ0) is 22.5. The molecule has 2 aromatic carbocycles. The van der Waals surface area contributed by atoms with Gasteiger partial charge in [0.05, 0.1) is 23.6 Å². The van der Waals surface area contributed by atoms with Crippen molar-refractivity contribution in [2.45, 2.75) is 13.8 Å². The van der Waals surface area contributed by atoms with Crippen molar-refractivity contribution in [1.82, 2.24) is 4.37 Å². The molecule has 1 aromatic heterocycles. The summed E-state index contributed by atoms with van der Waals surface area (Å²) in [6.45, 7) is 10.5. The normalized spacial score (nSPS) is 11.2. The Hall–Kier alpha value is -3.97. The first-order chi connectivity index (χ1) is 14.8. The minimum Gasteiger partial charge on any atom is -0.506 e. The molecule has 0 atom stereocenters. The van der Waals surface area contributed by atoms with Crippen LogP contribution in [0.15, 0.2) is 56.9 Å². The lowest BCUT2D eigenvalue weighted by Crippen LogP contribution is -2.08. The molecule has 0 unspecified atom stereocenters. The number of rotatable bonds is 6. The van der Waals surface area contributed by atoms with Crippen LogP contribution in [0.4, 0.5) is 33.4 Å². The Labute approximate surface area is 183 Å². The number of aromatic nitrogens is 1. The summed E-state index contributed by atoms with van der Waals surface area (Å²) in [7, 11) is 3.61. The highest BCUT2D eigenvalue weighted by Crippen LogP contribution is 2.42. The highest BCUT2D eigenvalue weighted by Gasteiger charge is 2.14. The molecule has 9 nitrogen and oxygen atoms in total. The van der Waals surface area contributed by atoms with Gasteiger partial charge in [0.15, 0.2) is 10.8 Å². The topological polar surface area (TPSA) is 107 Å². The maximum Gasteiger partial charge on any atom is 0.247 e. The highest BCUT2D eigenvalue weighted by molar-refractivity contribution is 7.10. The number of aromatic hydroxyl groups is 1. The molecule has 10 heteroatoms. The fourth-order valence-corrected chi connectivity index (χ4v) is 3.35. The van der Waals surface area contributed by atoms with Gasteiger partial charge in [0.1, 0.15) is 17.1 Å². The van der Waals surface area contributed by atoms with Crippen molar-refractivity contribution in [2.24, 2.45) is 20.5 Å². The van der Waals surface area contributed by atoms with Gasteiger partial charge in [0.25, 0.3) is 0 Å². The van der Waals surface area contributed by atoms with Crippen molar-refractivity contribution in [2.75, 3.05) is 19.0 Å². The molecule has 156 valence electrons. The number of hydrogen-bond acceptors (Lipinski definition) is 9. The van der Waals surface area contributed by atoms with Crippen LogP contribution in [0.5, 0.6) is 5.75 Å². The molecule has 1 heterocycles. The van der Waals surface area contributed by atoms with Crippen LogP contribution in [0.2, 0.25) is 0 Å². The molecular weight excluding hydrogens is 414 g/mol. The van der Waals surface area contributed by atoms with Gasteiger partial charge < -0.3 is 10.0 Å². The summed E-state index contributed by atoms with van der Waals surface area (Å²) in [6, 6.07) is 9.88. The first kappa shape index (κ1) is 21.7. The maximum atomic E-state index is 11.8. The van der Waals surface area contributed by atoms with E-state index in [2.05, 4.69) is 29.7 Å². The molecule has 0 bridgehead atoms. The summed E-state index contributed by atoms with van der Waals surface area (Å²) in [4.78, 5) is 17.0. The van der Waals surface area contributed by atoms with E-state index in [-0.39, 0.29) is 17.2 Å². The largest absolute Gasteiger partial charge is 0.506 e. The number of carbonyl (C=O) groups excluding carboxylic acids is 1. The highest BCUT2D eigenvalue weighted by atomic mass is 32.1. The van der Waals surface area contributed by atoms with Crippen LogP contribution in [-0.2, 0) is 0 Å². The lowest BCUT2D eigenvalue weighted by atomic mass is 10.1. The number of benzene rings is 2. The number of hydrogen-bond donors (Lipinski definition) is 1. The van der Waals surface area contributed by atoms with Gasteiger partial charge in [-0.1, -0.05) is 12.1 Å². The number of Topliss-reactive ketones (excluding diaryl/α,β-unsaturated/α-hetero) is 1. The van der Waals surface area contributed by atoms with E-state index in [9.17, 15) is 9.90 Å². The first-order valence-electron chi connectivity index (χ1n) is 9.13. The van der Waals surface area contributed by atoms with E-state index in [1.54, 1.807) is 56.3 Å². The average molecular weight is 433 g/mol. The molecule has 0 amide bonds. The second kappa shape index (κ2) is 9.23. The number of nitrogens with zero attached hydrogens (tertiary/aromatic N) is 7. The summed E-state index contributed by atoms with van der Waals surface area (Å²) in [5.74, 6) is -0.228. The fourth-order valence-electron chi connectivity index (χ4n) is 2.69. The summed E-state index contributed by atoms with van der Waals surface area (Å²) in [6.07, 6.45) is 0. The number of anilines is 1. The fraction of sp³-hybridized carbons (Fsp3) is 0.190. The smallest absolute Gasteiger partial charge is 0.247 e. The van der Waals surface area contributed by atoms with E-state index < -0.39 is 0 Å². The molecule has 31 heavy (non-hydrogen) atoms. The van der Waals surface area contributed by atoms with Gasteiger partial charge in [0, 0.05) is 25.7 Å². The van der Waals surface area contributed by atoms with Crippen molar-refractivity contribution in [3.8, 4) is 5.75 Å². The molecule has 0 aliphatic heterocycles. The number of phenols is 1. The SMILES string of the molecule is [C-]#[N+]c1c(C)nsc1N=Nc1cc(N=Nc2ccccc2C(C)=O)c(O)cc1N(C)C. The molecule has 3 aromatic rings. The maximum absolute atomic E-state index is 11.8. The molecule has 1 N–H and O–H groups in total. The number of phenolic OH excluding ortho intramolecular Hbond substituents is 1. The molecule has 0 aliphatic rings. The van der Waals surface area contributed by atoms with Crippen LogP contribution in [0.3, 0.4) is 0 Å². The van der Waals surface area contributed by atoms with E-state index in [0.29, 0.717) is 39.0 Å². The van der Waals surface area contributed by atoms with Crippen molar-refractivity contribution < 1.29 is 9.90 Å². The van der Waals surface area contributed by atoms with Crippen LogP contribution in [-0.4, -0.2) is 29.4 Å². The summed E-state index contributed by atoms with van der Waals surface area (Å²) in [5, 5.41) is 27.5. The molecule has 0 aliphatic carbocycles. The van der Waals surface area contributed by atoms with Gasteiger partial charge in [-0.25, -0.2) is 9.22 Å². The van der Waals surface area contributed by atoms with Crippen molar-refractivity contribution in [1.29, 1.82) is 0 Å². The number of carbonyl (C=O) groups is 1. The molecule has 0 saturated carbocycles. The lowest BCUT2D eigenvalue weighted by molar-refractivity contribution is 0.101. The molecule has 0 fully saturated rings. The minimum absolute atomic E-state index is 0.0952. The van der Waals surface area contributed by atoms with Gasteiger partial charge in [-0.2, -0.15) is 0 Å². The van der Waals surface area contributed by atoms with E-state index in [0.717, 1.165) is 11.5 Å². The Kier molecular flexibility index (Phi) is 6.47. The zero-order valence-corrected chi connectivity index (χ0v) is 18.2. The Morgan fingerprint density at radius 1 is 1.10 bits per heavy atom. The van der Waals surface area contributed by atoms with Gasteiger partial charge >= 0.3 is 0 Å². The Morgan fingerprint density at radius 3 is 2.45 bits per heavy atom. The van der Waals surface area contributed by atoms with Crippen LogP contribution in [0.25, 0.3) is 4.85 Å². The Morgan fingerprint density at radius 2 is 1.77 bits per heavy atom. The van der Waals surface area contributed by atoms with Crippen LogP contribution < -0.4 is 4.90 Å². The van der Waals surface area contributed by atoms with E-state index in [1.807, 2.05) is 0 Å². The van der Waals surface area contributed by atoms with E-state index >= 15 is 0 Å². The number of ketones is 1. The quantitative estimate of drug-likeness (QED) is 0.262. The Balaban J connectivity index is 2.03. The molecular formula is C21H19N7O2S. The lowest BCUT2D eigenvalue weighted by Gasteiger charge is -2.15.